The molecule has 0 atom stereocenters. The molecular formula is C20H19FN2O3S. The van der Waals surface area contributed by atoms with Gasteiger partial charge in [0.25, 0.3) is 5.91 Å². The summed E-state index contributed by atoms with van der Waals surface area (Å²) in [7, 11) is -3.49. The Hall–Kier alpha value is -2.69. The standard InChI is InChI=1S/C20H19FN2O3S/c21-19-8-2-1-6-16(19)7-5-13-22-20(24)17-9-11-18(12-10-17)27(25,26)23-14-3-4-15-23/h1-2,6,8-12H,3-4,13-15H2,(H,22,24). The van der Waals surface area contributed by atoms with Gasteiger partial charge in [0, 0.05) is 18.7 Å². The van der Waals surface area contributed by atoms with Gasteiger partial charge in [-0.1, -0.05) is 24.0 Å². The lowest BCUT2D eigenvalue weighted by molar-refractivity contribution is 0.0958. The van der Waals surface area contributed by atoms with Gasteiger partial charge in [0.1, 0.15) is 5.82 Å². The highest BCUT2D eigenvalue weighted by atomic mass is 32.2. The highest BCUT2D eigenvalue weighted by molar-refractivity contribution is 7.89. The molecule has 1 N–H and O–H groups in total. The molecule has 0 bridgehead atoms. The average Bonchev–Trinajstić information content (AvgIpc) is 3.22. The molecule has 1 aliphatic heterocycles. The zero-order valence-corrected chi connectivity index (χ0v) is 15.4. The maximum atomic E-state index is 13.4. The fourth-order valence-electron chi connectivity index (χ4n) is 2.78. The normalized spacial score (nSPS) is 14.4. The first-order valence-corrected chi connectivity index (χ1v) is 10.0. The number of carbonyl (C=O) groups is 1. The monoisotopic (exact) mass is 386 g/mol. The topological polar surface area (TPSA) is 66.5 Å². The highest BCUT2D eigenvalue weighted by Gasteiger charge is 2.27. The number of nitrogens with one attached hydrogen (secondary N) is 1. The molecule has 5 nitrogen and oxygen atoms in total. The van der Waals surface area contributed by atoms with Gasteiger partial charge in [-0.15, -0.1) is 0 Å². The van der Waals surface area contributed by atoms with Crippen molar-refractivity contribution in [2.45, 2.75) is 17.7 Å². The molecule has 7 heteroatoms. The third kappa shape index (κ3) is 4.54. The van der Waals surface area contributed by atoms with Crippen molar-refractivity contribution < 1.29 is 17.6 Å². The lowest BCUT2D eigenvalue weighted by Gasteiger charge is -2.15. The van der Waals surface area contributed by atoms with Crippen LogP contribution >= 0.6 is 0 Å². The lowest BCUT2D eigenvalue weighted by atomic mass is 10.2. The van der Waals surface area contributed by atoms with E-state index >= 15 is 0 Å². The number of nitrogens with zero attached hydrogens (tertiary/aromatic N) is 1. The second-order valence-electron chi connectivity index (χ2n) is 6.10. The van der Waals surface area contributed by atoms with Crippen LogP contribution < -0.4 is 5.32 Å². The summed E-state index contributed by atoms with van der Waals surface area (Å²) >= 11 is 0. The van der Waals surface area contributed by atoms with E-state index in [1.165, 1.54) is 34.6 Å². The van der Waals surface area contributed by atoms with Crippen molar-refractivity contribution in [1.29, 1.82) is 0 Å². The Morgan fingerprint density at radius 2 is 1.74 bits per heavy atom. The minimum absolute atomic E-state index is 0.0565. The lowest BCUT2D eigenvalue weighted by Crippen LogP contribution is -2.28. The summed E-state index contributed by atoms with van der Waals surface area (Å²) in [6.45, 7) is 1.12. The van der Waals surface area contributed by atoms with Crippen molar-refractivity contribution in [3.8, 4) is 11.8 Å². The Balaban J connectivity index is 1.60. The number of benzene rings is 2. The van der Waals surface area contributed by atoms with E-state index in [0.717, 1.165) is 12.8 Å². The first kappa shape index (κ1) is 19.1. The van der Waals surface area contributed by atoms with Gasteiger partial charge in [-0.2, -0.15) is 4.31 Å². The molecule has 140 valence electrons. The first-order chi connectivity index (χ1) is 13.0. The molecule has 2 aromatic carbocycles. The van der Waals surface area contributed by atoms with E-state index in [9.17, 15) is 17.6 Å². The molecule has 2 aromatic rings. The third-order valence-corrected chi connectivity index (χ3v) is 6.17. The van der Waals surface area contributed by atoms with Crippen molar-refractivity contribution >= 4 is 15.9 Å². The quantitative estimate of drug-likeness (QED) is 0.821. The number of sulfonamides is 1. The number of rotatable bonds is 4. The van der Waals surface area contributed by atoms with Gasteiger partial charge in [0.2, 0.25) is 10.0 Å². The Morgan fingerprint density at radius 3 is 2.41 bits per heavy atom. The molecule has 0 radical (unpaired) electrons. The number of carbonyl (C=O) groups excluding carboxylic acids is 1. The second-order valence-corrected chi connectivity index (χ2v) is 8.04. The Morgan fingerprint density at radius 1 is 1.07 bits per heavy atom. The van der Waals surface area contributed by atoms with Gasteiger partial charge in [0.15, 0.2) is 0 Å². The van der Waals surface area contributed by atoms with Crippen LogP contribution in [0.5, 0.6) is 0 Å². The van der Waals surface area contributed by atoms with E-state index < -0.39 is 15.8 Å². The summed E-state index contributed by atoms with van der Waals surface area (Å²) < 4.78 is 39.8. The Bertz CT molecular complexity index is 986. The van der Waals surface area contributed by atoms with E-state index in [1.807, 2.05) is 0 Å². The molecule has 3 rings (SSSR count). The summed E-state index contributed by atoms with van der Waals surface area (Å²) in [5, 5.41) is 2.61. The van der Waals surface area contributed by atoms with Crippen LogP contribution in [-0.4, -0.2) is 38.3 Å². The summed E-state index contributed by atoms with van der Waals surface area (Å²) in [5.41, 5.74) is 0.603. The molecule has 27 heavy (non-hydrogen) atoms. The van der Waals surface area contributed by atoms with Crippen molar-refractivity contribution in [2.75, 3.05) is 19.6 Å². The summed E-state index contributed by atoms with van der Waals surface area (Å²) in [6.07, 6.45) is 1.74. The fraction of sp³-hybridized carbons (Fsp3) is 0.250. The smallest absolute Gasteiger partial charge is 0.252 e. The van der Waals surface area contributed by atoms with Crippen LogP contribution in [0.2, 0.25) is 0 Å². The molecule has 0 saturated carbocycles. The van der Waals surface area contributed by atoms with Crippen LogP contribution in [0.4, 0.5) is 4.39 Å². The number of halogens is 1. The van der Waals surface area contributed by atoms with E-state index in [4.69, 9.17) is 0 Å². The van der Waals surface area contributed by atoms with Crippen molar-refractivity contribution in [2.24, 2.45) is 0 Å². The van der Waals surface area contributed by atoms with E-state index in [0.29, 0.717) is 18.7 Å². The molecule has 1 amide bonds. The first-order valence-electron chi connectivity index (χ1n) is 8.60. The summed E-state index contributed by atoms with van der Waals surface area (Å²) in [5.74, 6) is 4.56. The SMILES string of the molecule is O=C(NCC#Cc1ccccc1F)c1ccc(S(=O)(=O)N2CCCC2)cc1. The Labute approximate surface area is 158 Å². The number of hydrogen-bond acceptors (Lipinski definition) is 3. The molecule has 1 saturated heterocycles. The van der Waals surface area contributed by atoms with E-state index in [2.05, 4.69) is 17.2 Å². The number of hydrogen-bond donors (Lipinski definition) is 1. The second kappa shape index (κ2) is 8.33. The molecule has 0 aromatic heterocycles. The minimum Gasteiger partial charge on any atom is -0.341 e. The van der Waals surface area contributed by atoms with Gasteiger partial charge in [-0.05, 0) is 49.2 Å². The molecule has 0 spiro atoms. The zero-order valence-electron chi connectivity index (χ0n) is 14.6. The summed E-state index contributed by atoms with van der Waals surface area (Å²) in [6, 6.07) is 12.0. The highest BCUT2D eigenvalue weighted by Crippen LogP contribution is 2.21. The summed E-state index contributed by atoms with van der Waals surface area (Å²) in [4.78, 5) is 12.3. The van der Waals surface area contributed by atoms with Gasteiger partial charge >= 0.3 is 0 Å². The molecule has 0 unspecified atom stereocenters. The van der Waals surface area contributed by atoms with Gasteiger partial charge in [-0.3, -0.25) is 4.79 Å². The maximum absolute atomic E-state index is 13.4. The van der Waals surface area contributed by atoms with Crippen molar-refractivity contribution in [1.82, 2.24) is 9.62 Å². The minimum atomic E-state index is -3.49. The van der Waals surface area contributed by atoms with Crippen molar-refractivity contribution in [3.05, 3.63) is 65.5 Å². The molecule has 1 aliphatic rings. The van der Waals surface area contributed by atoms with Crippen molar-refractivity contribution in [3.63, 3.8) is 0 Å². The van der Waals surface area contributed by atoms with Crippen LogP contribution in [-0.2, 0) is 10.0 Å². The van der Waals surface area contributed by atoms with Gasteiger partial charge in [-0.25, -0.2) is 12.8 Å². The van der Waals surface area contributed by atoms with Crippen LogP contribution in [0.15, 0.2) is 53.4 Å². The predicted octanol–water partition coefficient (Wildman–Crippen LogP) is 2.39. The van der Waals surface area contributed by atoms with E-state index in [1.54, 1.807) is 18.2 Å². The third-order valence-electron chi connectivity index (χ3n) is 4.25. The predicted molar refractivity (Wildman–Crippen MR) is 100 cm³/mol. The largest absolute Gasteiger partial charge is 0.341 e. The van der Waals surface area contributed by atoms with Gasteiger partial charge < -0.3 is 5.32 Å². The molecule has 0 aliphatic carbocycles. The van der Waals surface area contributed by atoms with E-state index in [-0.39, 0.29) is 22.9 Å². The number of amides is 1. The van der Waals surface area contributed by atoms with Crippen LogP contribution in [0.1, 0.15) is 28.8 Å². The van der Waals surface area contributed by atoms with Gasteiger partial charge in [0.05, 0.1) is 17.0 Å². The maximum Gasteiger partial charge on any atom is 0.252 e. The average molecular weight is 386 g/mol. The molecular weight excluding hydrogens is 367 g/mol. The fourth-order valence-corrected chi connectivity index (χ4v) is 4.30. The Kier molecular flexibility index (Phi) is 5.89. The van der Waals surface area contributed by atoms with Crippen LogP contribution in [0, 0.1) is 17.7 Å². The molecule has 1 fully saturated rings. The zero-order chi connectivity index (χ0) is 19.3. The molecule has 1 heterocycles. The van der Waals surface area contributed by atoms with Crippen LogP contribution in [0.3, 0.4) is 0 Å². The van der Waals surface area contributed by atoms with Crippen LogP contribution in [0.25, 0.3) is 0 Å².